The molecule has 0 atom stereocenters. The van der Waals surface area contributed by atoms with Crippen LogP contribution in [0.2, 0.25) is 0 Å². The van der Waals surface area contributed by atoms with E-state index in [2.05, 4.69) is 27.0 Å². The summed E-state index contributed by atoms with van der Waals surface area (Å²) in [5.41, 5.74) is 2.03. The second kappa shape index (κ2) is 6.77. The molecule has 0 spiro atoms. The van der Waals surface area contributed by atoms with Gasteiger partial charge in [0.15, 0.2) is 0 Å². The molecule has 3 heterocycles. The zero-order valence-electron chi connectivity index (χ0n) is 13.6. The molecule has 1 fully saturated rings. The number of anilines is 1. The number of piperidine rings is 1. The van der Waals surface area contributed by atoms with E-state index in [4.69, 9.17) is 0 Å². The van der Waals surface area contributed by atoms with E-state index < -0.39 is 0 Å². The van der Waals surface area contributed by atoms with Crippen molar-refractivity contribution in [2.75, 3.05) is 32.1 Å². The average molecular weight is 310 g/mol. The van der Waals surface area contributed by atoms with Gasteiger partial charge in [0, 0.05) is 45.8 Å². The Balaban J connectivity index is 1.74. The van der Waals surface area contributed by atoms with Crippen LogP contribution in [0, 0.1) is 0 Å². The molecule has 23 heavy (non-hydrogen) atoms. The first-order chi connectivity index (χ1) is 11.2. The molecule has 0 bridgehead atoms. The Morgan fingerprint density at radius 3 is 2.48 bits per heavy atom. The van der Waals surface area contributed by atoms with E-state index in [9.17, 15) is 4.79 Å². The smallest absolute Gasteiger partial charge is 0.257 e. The van der Waals surface area contributed by atoms with Gasteiger partial charge in [0.25, 0.3) is 5.91 Å². The lowest BCUT2D eigenvalue weighted by Crippen LogP contribution is -2.35. The molecule has 0 unspecified atom stereocenters. The number of pyridine rings is 2. The topological polar surface area (TPSA) is 49.3 Å². The molecule has 2 aromatic heterocycles. The van der Waals surface area contributed by atoms with Crippen molar-refractivity contribution in [3.05, 3.63) is 54.0 Å². The van der Waals surface area contributed by atoms with E-state index in [1.807, 2.05) is 24.5 Å². The molecule has 1 amide bonds. The van der Waals surface area contributed by atoms with Gasteiger partial charge in [-0.05, 0) is 48.6 Å². The first kappa shape index (κ1) is 15.5. The third-order valence-corrected chi connectivity index (χ3v) is 4.40. The number of amides is 1. The third-order valence-electron chi connectivity index (χ3n) is 4.40. The molecule has 0 aliphatic carbocycles. The van der Waals surface area contributed by atoms with Crippen LogP contribution in [0.4, 0.5) is 5.82 Å². The molecule has 3 rings (SSSR count). The van der Waals surface area contributed by atoms with Crippen molar-refractivity contribution < 1.29 is 4.79 Å². The zero-order chi connectivity index (χ0) is 16.2. The summed E-state index contributed by atoms with van der Waals surface area (Å²) in [5, 5.41) is 0. The average Bonchev–Trinajstić information content (AvgIpc) is 2.62. The molecule has 5 heteroatoms. The molecule has 120 valence electrons. The highest BCUT2D eigenvalue weighted by Gasteiger charge is 2.25. The standard InChI is InChI=1S/C18H22N4O/c1-21(2)18(23)16-4-3-9-20-17(16)22-12-7-15(8-13-22)14-5-10-19-11-6-14/h3-6,9-11,15H,7-8,12-13H2,1-2H3. The van der Waals surface area contributed by atoms with Gasteiger partial charge in [-0.2, -0.15) is 0 Å². The van der Waals surface area contributed by atoms with Crippen LogP contribution in [0.25, 0.3) is 0 Å². The summed E-state index contributed by atoms with van der Waals surface area (Å²) >= 11 is 0. The highest BCUT2D eigenvalue weighted by Crippen LogP contribution is 2.30. The Labute approximate surface area is 137 Å². The number of hydrogen-bond donors (Lipinski definition) is 0. The van der Waals surface area contributed by atoms with Crippen molar-refractivity contribution in [1.29, 1.82) is 0 Å². The van der Waals surface area contributed by atoms with Crippen molar-refractivity contribution >= 4 is 11.7 Å². The lowest BCUT2D eigenvalue weighted by atomic mass is 9.90. The summed E-state index contributed by atoms with van der Waals surface area (Å²) in [5.74, 6) is 1.37. The Hall–Kier alpha value is -2.43. The monoisotopic (exact) mass is 310 g/mol. The summed E-state index contributed by atoms with van der Waals surface area (Å²) in [4.78, 5) is 24.7. The predicted octanol–water partition coefficient (Wildman–Crippen LogP) is 2.56. The van der Waals surface area contributed by atoms with Crippen molar-refractivity contribution in [2.24, 2.45) is 0 Å². The van der Waals surface area contributed by atoms with E-state index in [1.165, 1.54) is 5.56 Å². The van der Waals surface area contributed by atoms with Gasteiger partial charge in [-0.3, -0.25) is 9.78 Å². The first-order valence-corrected chi connectivity index (χ1v) is 7.98. The minimum Gasteiger partial charge on any atom is -0.356 e. The molecule has 1 saturated heterocycles. The summed E-state index contributed by atoms with van der Waals surface area (Å²) in [7, 11) is 3.55. The summed E-state index contributed by atoms with van der Waals surface area (Å²) in [6.07, 6.45) is 7.60. The van der Waals surface area contributed by atoms with Crippen LogP contribution in [-0.4, -0.2) is 48.0 Å². The van der Waals surface area contributed by atoms with Crippen LogP contribution >= 0.6 is 0 Å². The van der Waals surface area contributed by atoms with Crippen LogP contribution in [-0.2, 0) is 0 Å². The molecular weight excluding hydrogens is 288 g/mol. The molecule has 0 saturated carbocycles. The maximum atomic E-state index is 12.3. The Morgan fingerprint density at radius 2 is 1.83 bits per heavy atom. The Bertz CT molecular complexity index is 664. The summed E-state index contributed by atoms with van der Waals surface area (Å²) in [6, 6.07) is 7.88. The normalized spacial score (nSPS) is 15.5. The number of nitrogens with zero attached hydrogens (tertiary/aromatic N) is 4. The predicted molar refractivity (Wildman–Crippen MR) is 90.7 cm³/mol. The van der Waals surface area contributed by atoms with E-state index >= 15 is 0 Å². The van der Waals surface area contributed by atoms with Gasteiger partial charge < -0.3 is 9.80 Å². The van der Waals surface area contributed by atoms with Gasteiger partial charge in [0.1, 0.15) is 5.82 Å². The van der Waals surface area contributed by atoms with E-state index in [-0.39, 0.29) is 5.91 Å². The molecule has 1 aliphatic heterocycles. The molecule has 2 aromatic rings. The fraction of sp³-hybridized carbons (Fsp3) is 0.389. The minimum atomic E-state index is 0.00403. The van der Waals surface area contributed by atoms with Crippen molar-refractivity contribution in [3.63, 3.8) is 0 Å². The fourth-order valence-corrected chi connectivity index (χ4v) is 3.12. The molecule has 1 aliphatic rings. The second-order valence-corrected chi connectivity index (χ2v) is 6.12. The van der Waals surface area contributed by atoms with Crippen LogP contribution in [0.1, 0.15) is 34.7 Å². The summed E-state index contributed by atoms with van der Waals surface area (Å²) in [6.45, 7) is 1.83. The van der Waals surface area contributed by atoms with Crippen LogP contribution < -0.4 is 4.90 Å². The second-order valence-electron chi connectivity index (χ2n) is 6.12. The lowest BCUT2D eigenvalue weighted by molar-refractivity contribution is 0.0827. The maximum Gasteiger partial charge on any atom is 0.257 e. The number of carbonyl (C=O) groups is 1. The molecule has 5 nitrogen and oxygen atoms in total. The molecule has 0 radical (unpaired) electrons. The van der Waals surface area contributed by atoms with Crippen molar-refractivity contribution in [1.82, 2.24) is 14.9 Å². The highest BCUT2D eigenvalue weighted by atomic mass is 16.2. The van der Waals surface area contributed by atoms with E-state index in [0.29, 0.717) is 11.5 Å². The van der Waals surface area contributed by atoms with Gasteiger partial charge in [-0.15, -0.1) is 0 Å². The van der Waals surface area contributed by atoms with Crippen LogP contribution in [0.3, 0.4) is 0 Å². The molecule has 0 aromatic carbocycles. The number of aromatic nitrogens is 2. The lowest BCUT2D eigenvalue weighted by Gasteiger charge is -2.34. The Kier molecular flexibility index (Phi) is 4.55. The molecule has 0 N–H and O–H groups in total. The van der Waals surface area contributed by atoms with Gasteiger partial charge in [0.05, 0.1) is 5.56 Å². The minimum absolute atomic E-state index is 0.00403. The van der Waals surface area contributed by atoms with Crippen molar-refractivity contribution in [2.45, 2.75) is 18.8 Å². The largest absolute Gasteiger partial charge is 0.356 e. The number of carbonyl (C=O) groups excluding carboxylic acids is 1. The zero-order valence-corrected chi connectivity index (χ0v) is 13.6. The van der Waals surface area contributed by atoms with Gasteiger partial charge >= 0.3 is 0 Å². The van der Waals surface area contributed by atoms with Gasteiger partial charge in [-0.1, -0.05) is 0 Å². The third kappa shape index (κ3) is 3.33. The number of hydrogen-bond acceptors (Lipinski definition) is 4. The van der Waals surface area contributed by atoms with Crippen LogP contribution in [0.5, 0.6) is 0 Å². The number of rotatable bonds is 3. The van der Waals surface area contributed by atoms with Crippen molar-refractivity contribution in [3.8, 4) is 0 Å². The van der Waals surface area contributed by atoms with Gasteiger partial charge in [-0.25, -0.2) is 4.98 Å². The maximum absolute atomic E-state index is 12.3. The molecular formula is C18H22N4O. The quantitative estimate of drug-likeness (QED) is 0.874. The Morgan fingerprint density at radius 1 is 1.13 bits per heavy atom. The first-order valence-electron chi connectivity index (χ1n) is 7.98. The van der Waals surface area contributed by atoms with Crippen LogP contribution in [0.15, 0.2) is 42.9 Å². The summed E-state index contributed by atoms with van der Waals surface area (Å²) < 4.78 is 0. The SMILES string of the molecule is CN(C)C(=O)c1cccnc1N1CCC(c2ccncc2)CC1. The van der Waals surface area contributed by atoms with E-state index in [0.717, 1.165) is 31.7 Å². The van der Waals surface area contributed by atoms with E-state index in [1.54, 1.807) is 25.2 Å². The fourth-order valence-electron chi connectivity index (χ4n) is 3.12. The highest BCUT2D eigenvalue weighted by molar-refractivity contribution is 5.98. The van der Waals surface area contributed by atoms with Gasteiger partial charge in [0.2, 0.25) is 0 Å².